The lowest BCUT2D eigenvalue weighted by Gasteiger charge is -1.07. The van der Waals surface area contributed by atoms with E-state index in [9.17, 15) is 0 Å². The van der Waals surface area contributed by atoms with E-state index >= 15 is 0 Å². The molecule has 0 aromatic heterocycles. The van der Waals surface area contributed by atoms with E-state index in [-0.39, 0.29) is 81.7 Å². The molecule has 340 valence electrons. The highest BCUT2D eigenvalue weighted by atomic mass is 13.0. The van der Waals surface area contributed by atoms with Crippen molar-refractivity contribution in [2.75, 3.05) is 0 Å². The summed E-state index contributed by atoms with van der Waals surface area (Å²) in [7, 11) is 0. The molecule has 0 aromatic rings. The van der Waals surface area contributed by atoms with Crippen molar-refractivity contribution in [3.63, 3.8) is 0 Å². The molecule has 0 fully saturated rings. The van der Waals surface area contributed by atoms with Crippen molar-refractivity contribution in [3.8, 4) is 0 Å². The first-order chi connectivity index (χ1) is 18.0. The number of hydrogen-bond donors (Lipinski definition) is 0. The van der Waals surface area contributed by atoms with Gasteiger partial charge >= 0.3 is 0 Å². The van der Waals surface area contributed by atoms with E-state index in [0.717, 1.165) is 0 Å². The maximum atomic E-state index is 2.00. The molecule has 0 saturated carbocycles. The van der Waals surface area contributed by atoms with Gasteiger partial charge in [0.05, 0.1) is 0 Å². The van der Waals surface area contributed by atoms with E-state index in [2.05, 4.69) is 0 Å². The maximum Gasteiger partial charge on any atom is -0.0683 e. The minimum absolute atomic E-state index is 0. The molecular weight excluding hydrogens is 565 g/mol. The standard InChI is InChI=1S/18C2H6.11CH4/c18*1-2;;;;;;;;;;;/h18*1-2H3;11*1H4. The van der Waals surface area contributed by atoms with Gasteiger partial charge in [0.15, 0.2) is 0 Å². The average Bonchev–Trinajstić information content (AvgIpc) is 3.13. The second-order valence-corrected chi connectivity index (χ2v) is 0. The Morgan fingerprint density at radius 2 is 0.0638 bits per heavy atom. The van der Waals surface area contributed by atoms with Crippen LogP contribution in [0.25, 0.3) is 0 Å². The second-order valence-electron chi connectivity index (χ2n) is 0. The fraction of sp³-hybridized carbons (Fsp3) is 1.00. The molecule has 0 aliphatic heterocycles. The molecular formula is C47H152. The highest BCUT2D eigenvalue weighted by Gasteiger charge is 0.966. The molecule has 0 heterocycles. The van der Waals surface area contributed by atoms with Crippen molar-refractivity contribution in [3.05, 3.63) is 0 Å². The summed E-state index contributed by atoms with van der Waals surface area (Å²) in [6.07, 6.45) is 0. The minimum atomic E-state index is 0. The molecule has 0 atom stereocenters. The van der Waals surface area contributed by atoms with Gasteiger partial charge < -0.3 is 0 Å². The van der Waals surface area contributed by atoms with Gasteiger partial charge in [-0.3, -0.25) is 0 Å². The molecule has 0 aromatic carbocycles. The number of hydrogen-bond acceptors (Lipinski definition) is 0. The Balaban J connectivity index is -0.00000000267. The summed E-state index contributed by atoms with van der Waals surface area (Å²) in [5.41, 5.74) is 0. The largest absolute Gasteiger partial charge is 0.0776 e. The third-order valence-corrected chi connectivity index (χ3v) is 0. The number of rotatable bonds is 0. The van der Waals surface area contributed by atoms with E-state index in [1.807, 2.05) is 249 Å². The van der Waals surface area contributed by atoms with Gasteiger partial charge in [-0.2, -0.15) is 0 Å². The SMILES string of the molecule is C.C.C.C.C.C.C.C.C.C.C.CC.CC.CC.CC.CC.CC.CC.CC.CC.CC.CC.CC.CC.CC.CC.CC.CC.CC. The molecule has 0 rings (SSSR count). The third kappa shape index (κ3) is 0. The molecule has 0 aliphatic rings. The van der Waals surface area contributed by atoms with Crippen LogP contribution in [-0.4, -0.2) is 0 Å². The molecule has 0 bridgehead atoms. The van der Waals surface area contributed by atoms with Crippen LogP contribution < -0.4 is 0 Å². The van der Waals surface area contributed by atoms with Gasteiger partial charge in [0.2, 0.25) is 0 Å². The van der Waals surface area contributed by atoms with Crippen molar-refractivity contribution in [2.24, 2.45) is 0 Å². The fourth-order valence-corrected chi connectivity index (χ4v) is 0. The van der Waals surface area contributed by atoms with E-state index < -0.39 is 0 Å². The molecule has 0 saturated heterocycles. The van der Waals surface area contributed by atoms with E-state index in [4.69, 9.17) is 0 Å². The van der Waals surface area contributed by atoms with Gasteiger partial charge in [0.1, 0.15) is 0 Å². The Hall–Kier alpha value is 0. The molecule has 0 aliphatic carbocycles. The van der Waals surface area contributed by atoms with Gasteiger partial charge in [-0.15, -0.1) is 0 Å². The van der Waals surface area contributed by atoms with Crippen LogP contribution in [-0.2, 0) is 0 Å². The van der Waals surface area contributed by atoms with E-state index in [1.165, 1.54) is 0 Å². The summed E-state index contributed by atoms with van der Waals surface area (Å²) >= 11 is 0. The van der Waals surface area contributed by atoms with Gasteiger partial charge in [-0.1, -0.05) is 331 Å². The van der Waals surface area contributed by atoms with Gasteiger partial charge in [0.25, 0.3) is 0 Å². The third-order valence-electron chi connectivity index (χ3n) is 0. The Kier molecular flexibility index (Phi) is 0. The first-order valence-electron chi connectivity index (χ1n) is 18.0. The van der Waals surface area contributed by atoms with Gasteiger partial charge in [-0.25, -0.2) is 0 Å². The predicted molar refractivity (Wildman–Crippen MR) is 278 cm³/mol. The lowest BCUT2D eigenvalue weighted by atomic mass is 11.0. The lowest BCUT2D eigenvalue weighted by molar-refractivity contribution is 1.50. The van der Waals surface area contributed by atoms with Crippen LogP contribution in [0.3, 0.4) is 0 Å². The molecule has 0 radical (unpaired) electrons. The van der Waals surface area contributed by atoms with Crippen molar-refractivity contribution in [1.29, 1.82) is 0 Å². The zero-order valence-corrected chi connectivity index (χ0v) is 36.0. The van der Waals surface area contributed by atoms with Crippen LogP contribution in [0.1, 0.15) is 331 Å². The smallest absolute Gasteiger partial charge is 0.0683 e. The van der Waals surface area contributed by atoms with Crippen LogP contribution >= 0.6 is 0 Å². The monoisotopic (exact) mass is 717 g/mol. The molecule has 0 spiro atoms. The summed E-state index contributed by atoms with van der Waals surface area (Å²) in [6.45, 7) is 72.0. The zero-order valence-electron chi connectivity index (χ0n) is 36.0. The van der Waals surface area contributed by atoms with Crippen molar-refractivity contribution < 1.29 is 0 Å². The van der Waals surface area contributed by atoms with Crippen molar-refractivity contribution in [1.82, 2.24) is 0 Å². The zero-order chi connectivity index (χ0) is 36.0. The van der Waals surface area contributed by atoms with Crippen LogP contribution in [0.15, 0.2) is 0 Å². The Bertz CT molecular complexity index is 0. The summed E-state index contributed by atoms with van der Waals surface area (Å²) in [5, 5.41) is 0. The Morgan fingerprint density at radius 1 is 0.0638 bits per heavy atom. The van der Waals surface area contributed by atoms with Gasteiger partial charge in [-0.05, 0) is 0 Å². The molecule has 0 heteroatoms. The van der Waals surface area contributed by atoms with Crippen molar-refractivity contribution >= 4 is 0 Å². The fourth-order valence-electron chi connectivity index (χ4n) is 0. The average molecular weight is 718 g/mol. The molecule has 0 N–H and O–H groups in total. The van der Waals surface area contributed by atoms with Crippen LogP contribution in [0.5, 0.6) is 0 Å². The summed E-state index contributed by atoms with van der Waals surface area (Å²) in [5.74, 6) is 0. The van der Waals surface area contributed by atoms with Crippen LogP contribution in [0.4, 0.5) is 0 Å². The second kappa shape index (κ2) is 0. The van der Waals surface area contributed by atoms with E-state index in [1.54, 1.807) is 0 Å². The Labute approximate surface area is 330 Å². The normalized spacial score (nSPS) is 2.30. The molecule has 0 unspecified atom stereocenters. The molecule has 0 amide bonds. The van der Waals surface area contributed by atoms with Crippen molar-refractivity contribution in [2.45, 2.75) is 331 Å². The highest BCUT2D eigenvalue weighted by molar-refractivity contribution is 3.54. The molecule has 0 nitrogen and oxygen atoms in total. The predicted octanol–water partition coefficient (Wildman–Crippen LogP) is 25.5. The molecule has 47 heavy (non-hydrogen) atoms. The van der Waals surface area contributed by atoms with Gasteiger partial charge in [0, 0.05) is 0 Å². The lowest BCUT2D eigenvalue weighted by Crippen LogP contribution is -0.856. The quantitative estimate of drug-likeness (QED) is 0.234. The first kappa shape index (κ1) is 307. The summed E-state index contributed by atoms with van der Waals surface area (Å²) in [4.78, 5) is 0. The highest BCUT2D eigenvalue weighted by Crippen LogP contribution is 1.18. The van der Waals surface area contributed by atoms with Crippen LogP contribution in [0.2, 0.25) is 0 Å². The first-order valence-corrected chi connectivity index (χ1v) is 18.0. The topological polar surface area (TPSA) is 0 Å². The van der Waals surface area contributed by atoms with Crippen LogP contribution in [0, 0.1) is 0 Å². The van der Waals surface area contributed by atoms with E-state index in [0.29, 0.717) is 0 Å². The summed E-state index contributed by atoms with van der Waals surface area (Å²) < 4.78 is 0. The minimum Gasteiger partial charge on any atom is -0.0776 e. The summed E-state index contributed by atoms with van der Waals surface area (Å²) in [6, 6.07) is 0. The maximum absolute atomic E-state index is 2.00. The Morgan fingerprint density at radius 3 is 0.0638 bits per heavy atom.